The predicted octanol–water partition coefficient (Wildman–Crippen LogP) is 4.40. The van der Waals surface area contributed by atoms with E-state index in [4.69, 9.17) is 23.2 Å². The highest BCUT2D eigenvalue weighted by molar-refractivity contribution is 7.92. The van der Waals surface area contributed by atoms with Gasteiger partial charge in [0.25, 0.3) is 0 Å². The third-order valence-corrected chi connectivity index (χ3v) is 7.39. The molecule has 0 unspecified atom stereocenters. The second kappa shape index (κ2) is 12.4. The van der Waals surface area contributed by atoms with Gasteiger partial charge < -0.3 is 10.2 Å². The van der Waals surface area contributed by atoms with E-state index < -0.39 is 28.5 Å². The van der Waals surface area contributed by atoms with Crippen molar-refractivity contribution < 1.29 is 18.0 Å². The molecule has 0 fully saturated rings. The zero-order chi connectivity index (χ0) is 25.5. The highest BCUT2D eigenvalue weighted by Crippen LogP contribution is 2.28. The molecule has 2 aromatic carbocycles. The third kappa shape index (κ3) is 7.35. The number of benzene rings is 2. The van der Waals surface area contributed by atoms with Gasteiger partial charge in [0.05, 0.1) is 11.9 Å². The molecule has 0 aromatic heterocycles. The van der Waals surface area contributed by atoms with Gasteiger partial charge in [-0.25, -0.2) is 8.42 Å². The Morgan fingerprint density at radius 2 is 1.71 bits per heavy atom. The topological polar surface area (TPSA) is 86.8 Å². The van der Waals surface area contributed by atoms with E-state index in [0.717, 1.165) is 23.4 Å². The molecule has 7 nitrogen and oxygen atoms in total. The van der Waals surface area contributed by atoms with Crippen LogP contribution in [0.15, 0.2) is 42.5 Å². The van der Waals surface area contributed by atoms with Gasteiger partial charge in [0.15, 0.2) is 0 Å². The smallest absolute Gasteiger partial charge is 0.244 e. The molecule has 0 aliphatic rings. The molecule has 34 heavy (non-hydrogen) atoms. The fraction of sp³-hybridized carbons (Fsp3) is 0.417. The van der Waals surface area contributed by atoms with Gasteiger partial charge in [-0.1, -0.05) is 60.8 Å². The Morgan fingerprint density at radius 1 is 1.06 bits per heavy atom. The van der Waals surface area contributed by atoms with Crippen molar-refractivity contribution in [3.8, 4) is 0 Å². The number of nitrogens with one attached hydrogen (secondary N) is 1. The zero-order valence-electron chi connectivity index (χ0n) is 19.8. The fourth-order valence-corrected chi connectivity index (χ4v) is 4.65. The average Bonchev–Trinajstić information content (AvgIpc) is 2.77. The van der Waals surface area contributed by atoms with Crippen LogP contribution >= 0.6 is 23.2 Å². The van der Waals surface area contributed by atoms with Gasteiger partial charge in [-0.2, -0.15) is 0 Å². The lowest BCUT2D eigenvalue weighted by Crippen LogP contribution is -2.51. The minimum Gasteiger partial charge on any atom is -0.354 e. The fourth-order valence-electron chi connectivity index (χ4n) is 3.39. The van der Waals surface area contributed by atoms with E-state index in [0.29, 0.717) is 33.4 Å². The van der Waals surface area contributed by atoms with Crippen LogP contribution < -0.4 is 9.62 Å². The van der Waals surface area contributed by atoms with Crippen LogP contribution in [0.4, 0.5) is 5.69 Å². The highest BCUT2D eigenvalue weighted by Gasteiger charge is 2.31. The number of nitrogens with zero attached hydrogens (tertiary/aromatic N) is 2. The van der Waals surface area contributed by atoms with Crippen molar-refractivity contribution in [1.82, 2.24) is 10.2 Å². The molecular weight excluding hydrogens is 497 g/mol. The molecule has 1 atom stereocenters. The van der Waals surface area contributed by atoms with Gasteiger partial charge in [0, 0.05) is 23.1 Å². The molecule has 186 valence electrons. The molecule has 0 aliphatic carbocycles. The Labute approximate surface area is 212 Å². The number of unbranched alkanes of at least 4 members (excludes halogenated alkanes) is 1. The first-order valence-corrected chi connectivity index (χ1v) is 13.6. The van der Waals surface area contributed by atoms with E-state index in [1.165, 1.54) is 4.90 Å². The number of hydrogen-bond acceptors (Lipinski definition) is 4. The first kappa shape index (κ1) is 28.0. The number of carbonyl (C=O) groups excluding carboxylic acids is 2. The summed E-state index contributed by atoms with van der Waals surface area (Å²) in [4.78, 5) is 27.7. The van der Waals surface area contributed by atoms with Crippen LogP contribution in [-0.2, 0) is 26.2 Å². The molecule has 2 amide bonds. The third-order valence-electron chi connectivity index (χ3n) is 5.48. The lowest BCUT2D eigenvalue weighted by Gasteiger charge is -2.32. The van der Waals surface area contributed by atoms with Crippen LogP contribution in [0.1, 0.15) is 37.8 Å². The second-order valence-electron chi connectivity index (χ2n) is 8.09. The first-order valence-electron chi connectivity index (χ1n) is 11.0. The summed E-state index contributed by atoms with van der Waals surface area (Å²) in [5.41, 5.74) is 1.49. The normalized spacial score (nSPS) is 12.2. The van der Waals surface area contributed by atoms with Gasteiger partial charge in [-0.3, -0.25) is 13.9 Å². The Morgan fingerprint density at radius 3 is 2.32 bits per heavy atom. The SMILES string of the molecule is CCCCNC(=O)[C@@H](C)N(Cc1ccccc1Cl)C(=O)CN(c1cccc(Cl)c1C)S(C)(=O)=O. The van der Waals surface area contributed by atoms with E-state index in [9.17, 15) is 18.0 Å². The van der Waals surface area contributed by atoms with E-state index >= 15 is 0 Å². The largest absolute Gasteiger partial charge is 0.354 e. The van der Waals surface area contributed by atoms with Crippen molar-refractivity contribution in [2.75, 3.05) is 23.7 Å². The zero-order valence-corrected chi connectivity index (χ0v) is 22.2. The number of amides is 2. The molecule has 0 spiro atoms. The quantitative estimate of drug-likeness (QED) is 0.438. The molecule has 0 saturated carbocycles. The van der Waals surface area contributed by atoms with E-state index in [-0.39, 0.29) is 12.5 Å². The maximum Gasteiger partial charge on any atom is 0.244 e. The summed E-state index contributed by atoms with van der Waals surface area (Å²) in [6, 6.07) is 11.0. The van der Waals surface area contributed by atoms with Crippen LogP contribution in [0.25, 0.3) is 0 Å². The van der Waals surface area contributed by atoms with Gasteiger partial charge in [-0.15, -0.1) is 0 Å². The van der Waals surface area contributed by atoms with E-state index in [1.54, 1.807) is 56.3 Å². The summed E-state index contributed by atoms with van der Waals surface area (Å²) in [6.45, 7) is 5.37. The van der Waals surface area contributed by atoms with Gasteiger partial charge in [-0.05, 0) is 49.6 Å². The number of hydrogen-bond donors (Lipinski definition) is 1. The summed E-state index contributed by atoms with van der Waals surface area (Å²) in [7, 11) is -3.83. The number of sulfonamides is 1. The molecule has 0 radical (unpaired) electrons. The van der Waals surface area contributed by atoms with Crippen LogP contribution in [0.3, 0.4) is 0 Å². The highest BCUT2D eigenvalue weighted by atomic mass is 35.5. The first-order chi connectivity index (χ1) is 16.0. The maximum atomic E-state index is 13.5. The molecule has 10 heteroatoms. The van der Waals surface area contributed by atoms with Crippen molar-refractivity contribution in [2.45, 2.75) is 46.2 Å². The molecule has 0 bridgehead atoms. The summed E-state index contributed by atoms with van der Waals surface area (Å²) >= 11 is 12.5. The Hall–Kier alpha value is -2.29. The van der Waals surface area contributed by atoms with Crippen LogP contribution in [0, 0.1) is 6.92 Å². The minimum absolute atomic E-state index is 0.0486. The van der Waals surface area contributed by atoms with E-state index in [1.807, 2.05) is 6.92 Å². The second-order valence-corrected chi connectivity index (χ2v) is 10.8. The molecule has 0 saturated heterocycles. The maximum absolute atomic E-state index is 13.5. The van der Waals surface area contributed by atoms with Crippen LogP contribution in [-0.4, -0.2) is 50.5 Å². The van der Waals surface area contributed by atoms with Crippen molar-refractivity contribution >= 4 is 50.7 Å². The Kier molecular flexibility index (Phi) is 10.2. The van der Waals surface area contributed by atoms with Crippen molar-refractivity contribution in [3.05, 3.63) is 63.6 Å². The molecular formula is C24H31Cl2N3O4S. The lowest BCUT2D eigenvalue weighted by atomic mass is 10.1. The standard InChI is InChI=1S/C24H31Cl2N3O4S/c1-5-6-14-27-24(31)18(3)28(15-19-10-7-8-11-21(19)26)23(30)16-29(34(4,32)33)22-13-9-12-20(25)17(22)2/h7-13,18H,5-6,14-16H2,1-4H3,(H,27,31)/t18-/m1/s1. The number of rotatable bonds is 11. The number of carbonyl (C=O) groups is 2. The molecule has 0 aliphatic heterocycles. The van der Waals surface area contributed by atoms with Gasteiger partial charge in [0.1, 0.15) is 12.6 Å². The van der Waals surface area contributed by atoms with Gasteiger partial charge >= 0.3 is 0 Å². The van der Waals surface area contributed by atoms with Crippen LogP contribution in [0.2, 0.25) is 10.0 Å². The van der Waals surface area contributed by atoms with Crippen molar-refractivity contribution in [3.63, 3.8) is 0 Å². The summed E-state index contributed by atoms with van der Waals surface area (Å²) in [5, 5.41) is 3.67. The summed E-state index contributed by atoms with van der Waals surface area (Å²) in [5.74, 6) is -0.860. The minimum atomic E-state index is -3.83. The Bertz CT molecular complexity index is 1120. The summed E-state index contributed by atoms with van der Waals surface area (Å²) in [6.07, 6.45) is 2.76. The van der Waals surface area contributed by atoms with Crippen LogP contribution in [0.5, 0.6) is 0 Å². The average molecular weight is 529 g/mol. The van der Waals surface area contributed by atoms with Crippen molar-refractivity contribution in [2.24, 2.45) is 0 Å². The molecule has 0 heterocycles. The van der Waals surface area contributed by atoms with Gasteiger partial charge in [0.2, 0.25) is 21.8 Å². The summed E-state index contributed by atoms with van der Waals surface area (Å²) < 4.78 is 26.3. The molecule has 2 rings (SSSR count). The predicted molar refractivity (Wildman–Crippen MR) is 138 cm³/mol. The van der Waals surface area contributed by atoms with E-state index in [2.05, 4.69) is 5.32 Å². The molecule has 2 aromatic rings. The molecule has 1 N–H and O–H groups in total. The monoisotopic (exact) mass is 527 g/mol. The lowest BCUT2D eigenvalue weighted by molar-refractivity contribution is -0.139. The number of anilines is 1. The number of halogens is 2. The van der Waals surface area contributed by atoms with Crippen molar-refractivity contribution in [1.29, 1.82) is 0 Å². The Balaban J connectivity index is 2.41.